The maximum absolute atomic E-state index is 13.0. The number of alkyl halides is 1. The lowest BCUT2D eigenvalue weighted by Gasteiger charge is -2.03. The summed E-state index contributed by atoms with van der Waals surface area (Å²) < 4.78 is 13.0. The van der Waals surface area contributed by atoms with Gasteiger partial charge in [0.25, 0.3) is 0 Å². The first-order chi connectivity index (χ1) is 5.34. The van der Waals surface area contributed by atoms with Gasteiger partial charge in [0, 0.05) is 6.20 Å². The second-order valence-electron chi connectivity index (χ2n) is 2.18. The first-order valence-electron chi connectivity index (χ1n) is 3.44. The summed E-state index contributed by atoms with van der Waals surface area (Å²) in [6, 6.07) is 1.56. The van der Waals surface area contributed by atoms with Crippen molar-refractivity contribution in [2.75, 3.05) is 6.54 Å². The maximum Gasteiger partial charge on any atom is 0.143 e. The van der Waals surface area contributed by atoms with Crippen molar-refractivity contribution in [1.82, 2.24) is 9.97 Å². The smallest absolute Gasteiger partial charge is 0.143 e. The zero-order valence-corrected chi connectivity index (χ0v) is 6.07. The second kappa shape index (κ2) is 3.98. The van der Waals surface area contributed by atoms with Crippen molar-refractivity contribution in [3.05, 3.63) is 24.3 Å². The fraction of sp³-hybridized carbons (Fsp3) is 0.429. The van der Waals surface area contributed by atoms with E-state index >= 15 is 0 Å². The normalized spacial score (nSPS) is 12.9. The van der Waals surface area contributed by atoms with Gasteiger partial charge in [-0.15, -0.1) is 0 Å². The fourth-order valence-corrected chi connectivity index (χ4v) is 0.780. The second-order valence-corrected chi connectivity index (χ2v) is 2.18. The van der Waals surface area contributed by atoms with Gasteiger partial charge >= 0.3 is 0 Å². The van der Waals surface area contributed by atoms with E-state index in [-0.39, 0.29) is 0 Å². The van der Waals surface area contributed by atoms with Crippen LogP contribution in [0.5, 0.6) is 0 Å². The lowest BCUT2D eigenvalue weighted by Crippen LogP contribution is -2.04. The number of nitrogens with two attached hydrogens (primary N) is 1. The van der Waals surface area contributed by atoms with Crippen molar-refractivity contribution in [2.24, 2.45) is 5.73 Å². The molecule has 0 aliphatic rings. The first-order valence-corrected chi connectivity index (χ1v) is 3.44. The Hall–Kier alpha value is -1.03. The molecule has 1 unspecified atom stereocenters. The van der Waals surface area contributed by atoms with Gasteiger partial charge < -0.3 is 5.73 Å². The summed E-state index contributed by atoms with van der Waals surface area (Å²) in [7, 11) is 0. The molecule has 0 saturated carbocycles. The third-order valence-corrected chi connectivity index (χ3v) is 1.35. The van der Waals surface area contributed by atoms with Gasteiger partial charge in [0.1, 0.15) is 12.5 Å². The van der Waals surface area contributed by atoms with Gasteiger partial charge in [-0.2, -0.15) is 0 Å². The molecule has 1 aromatic heterocycles. The van der Waals surface area contributed by atoms with Crippen LogP contribution in [-0.4, -0.2) is 16.5 Å². The van der Waals surface area contributed by atoms with Crippen LogP contribution in [0.4, 0.5) is 4.39 Å². The van der Waals surface area contributed by atoms with Gasteiger partial charge in [-0.25, -0.2) is 14.4 Å². The molecule has 0 aliphatic carbocycles. The Morgan fingerprint density at radius 3 is 3.00 bits per heavy atom. The van der Waals surface area contributed by atoms with E-state index in [9.17, 15) is 4.39 Å². The summed E-state index contributed by atoms with van der Waals surface area (Å²) in [5.74, 6) is 0. The molecular weight excluding hydrogens is 145 g/mol. The van der Waals surface area contributed by atoms with E-state index in [2.05, 4.69) is 9.97 Å². The minimum absolute atomic E-state index is 0.316. The Balaban J connectivity index is 2.61. The highest BCUT2D eigenvalue weighted by Crippen LogP contribution is 2.16. The van der Waals surface area contributed by atoms with Crippen molar-refractivity contribution in [3.63, 3.8) is 0 Å². The molecule has 0 amide bonds. The molecule has 0 fully saturated rings. The molecule has 1 atom stereocenters. The summed E-state index contributed by atoms with van der Waals surface area (Å²) in [5.41, 5.74) is 5.59. The summed E-state index contributed by atoms with van der Waals surface area (Å²) in [4.78, 5) is 7.43. The standard InChI is InChI=1S/C7H10FN3/c8-6(1-3-9)7-2-4-10-5-11-7/h2,4-6H,1,3,9H2. The number of hydrogen-bond acceptors (Lipinski definition) is 3. The molecule has 0 radical (unpaired) electrons. The average molecular weight is 155 g/mol. The topological polar surface area (TPSA) is 51.8 Å². The van der Waals surface area contributed by atoms with Crippen LogP contribution in [-0.2, 0) is 0 Å². The zero-order valence-electron chi connectivity index (χ0n) is 6.07. The van der Waals surface area contributed by atoms with Crippen LogP contribution in [0.25, 0.3) is 0 Å². The van der Waals surface area contributed by atoms with E-state index in [0.29, 0.717) is 18.7 Å². The molecule has 0 saturated heterocycles. The number of nitrogens with zero attached hydrogens (tertiary/aromatic N) is 2. The monoisotopic (exact) mass is 155 g/mol. The highest BCUT2D eigenvalue weighted by molar-refractivity contribution is 5.01. The van der Waals surface area contributed by atoms with Gasteiger partial charge in [0.2, 0.25) is 0 Å². The van der Waals surface area contributed by atoms with E-state index in [1.54, 1.807) is 6.07 Å². The molecule has 11 heavy (non-hydrogen) atoms. The average Bonchev–Trinajstić information content (AvgIpc) is 2.07. The van der Waals surface area contributed by atoms with Crippen LogP contribution in [0.15, 0.2) is 18.6 Å². The van der Waals surface area contributed by atoms with E-state index in [1.165, 1.54) is 12.5 Å². The number of aromatic nitrogens is 2. The molecule has 1 rings (SSSR count). The summed E-state index contributed by atoms with van der Waals surface area (Å²) in [6.07, 6.45) is 2.11. The number of hydrogen-bond donors (Lipinski definition) is 1. The summed E-state index contributed by atoms with van der Waals surface area (Å²) >= 11 is 0. The van der Waals surface area contributed by atoms with Gasteiger partial charge in [-0.05, 0) is 19.0 Å². The molecular formula is C7H10FN3. The number of halogens is 1. The maximum atomic E-state index is 13.0. The number of rotatable bonds is 3. The van der Waals surface area contributed by atoms with Crippen molar-refractivity contribution >= 4 is 0 Å². The van der Waals surface area contributed by atoms with Crippen LogP contribution in [0.2, 0.25) is 0 Å². The SMILES string of the molecule is NCCC(F)c1ccncn1. The zero-order chi connectivity index (χ0) is 8.10. The fourth-order valence-electron chi connectivity index (χ4n) is 0.780. The largest absolute Gasteiger partial charge is 0.330 e. The molecule has 1 aromatic rings. The quantitative estimate of drug-likeness (QED) is 0.703. The van der Waals surface area contributed by atoms with Crippen LogP contribution < -0.4 is 5.73 Å². The highest BCUT2D eigenvalue weighted by atomic mass is 19.1. The minimum atomic E-state index is -1.05. The Morgan fingerprint density at radius 1 is 1.64 bits per heavy atom. The Kier molecular flexibility index (Phi) is 2.92. The Labute approximate surface area is 64.5 Å². The molecule has 0 aliphatic heterocycles. The minimum Gasteiger partial charge on any atom is -0.330 e. The Bertz CT molecular complexity index is 202. The molecule has 60 valence electrons. The van der Waals surface area contributed by atoms with Crippen LogP contribution >= 0.6 is 0 Å². The van der Waals surface area contributed by atoms with E-state index < -0.39 is 6.17 Å². The predicted molar refractivity (Wildman–Crippen MR) is 39.6 cm³/mol. The van der Waals surface area contributed by atoms with Gasteiger partial charge in [-0.3, -0.25) is 0 Å². The van der Waals surface area contributed by atoms with Crippen LogP contribution in [0.3, 0.4) is 0 Å². The van der Waals surface area contributed by atoms with Gasteiger partial charge in [-0.1, -0.05) is 0 Å². The van der Waals surface area contributed by atoms with Crippen molar-refractivity contribution < 1.29 is 4.39 Å². The van der Waals surface area contributed by atoms with Crippen molar-refractivity contribution in [2.45, 2.75) is 12.6 Å². The molecule has 4 heteroatoms. The Morgan fingerprint density at radius 2 is 2.45 bits per heavy atom. The van der Waals surface area contributed by atoms with Crippen molar-refractivity contribution in [1.29, 1.82) is 0 Å². The molecule has 2 N–H and O–H groups in total. The van der Waals surface area contributed by atoms with Crippen molar-refractivity contribution in [3.8, 4) is 0 Å². The predicted octanol–water partition coefficient (Wildman–Crippen LogP) is 0.836. The van der Waals surface area contributed by atoms with Crippen LogP contribution in [0.1, 0.15) is 18.3 Å². The van der Waals surface area contributed by atoms with E-state index in [4.69, 9.17) is 5.73 Å². The molecule has 3 nitrogen and oxygen atoms in total. The molecule has 0 bridgehead atoms. The molecule has 0 aromatic carbocycles. The lowest BCUT2D eigenvalue weighted by atomic mass is 10.2. The highest BCUT2D eigenvalue weighted by Gasteiger charge is 2.08. The first kappa shape index (κ1) is 8.07. The third-order valence-electron chi connectivity index (χ3n) is 1.35. The summed E-state index contributed by atoms with van der Waals surface area (Å²) in [5, 5.41) is 0. The van der Waals surface area contributed by atoms with E-state index in [0.717, 1.165) is 0 Å². The van der Waals surface area contributed by atoms with Gasteiger partial charge in [0.15, 0.2) is 0 Å². The lowest BCUT2D eigenvalue weighted by molar-refractivity contribution is 0.320. The third kappa shape index (κ3) is 2.23. The molecule has 1 heterocycles. The van der Waals surface area contributed by atoms with E-state index in [1.807, 2.05) is 0 Å². The van der Waals surface area contributed by atoms with Crippen LogP contribution in [0, 0.1) is 0 Å². The van der Waals surface area contributed by atoms with Gasteiger partial charge in [0.05, 0.1) is 5.69 Å². The molecule has 0 spiro atoms. The summed E-state index contributed by atoms with van der Waals surface area (Å²) in [6.45, 7) is 0.338.